The second-order valence-corrected chi connectivity index (χ2v) is 15.7. The summed E-state index contributed by atoms with van der Waals surface area (Å²) in [5.74, 6) is 3.11. The second kappa shape index (κ2) is 6.37. The van der Waals surface area contributed by atoms with Gasteiger partial charge in [0.15, 0.2) is 0 Å². The van der Waals surface area contributed by atoms with E-state index in [0.29, 0.717) is 39.1 Å². The molecule has 32 heavy (non-hydrogen) atoms. The van der Waals surface area contributed by atoms with Gasteiger partial charge in [-0.05, 0) is 120 Å². The molecule has 0 unspecified atom stereocenters. The molecule has 6 rings (SSSR count). The highest BCUT2D eigenvalue weighted by Gasteiger charge is 2.72. The van der Waals surface area contributed by atoms with Crippen molar-refractivity contribution in [2.24, 2.45) is 56.2 Å². The van der Waals surface area contributed by atoms with Crippen molar-refractivity contribution in [3.05, 3.63) is 0 Å². The Labute approximate surface area is 197 Å². The van der Waals surface area contributed by atoms with E-state index in [-0.39, 0.29) is 11.5 Å². The first-order valence-corrected chi connectivity index (χ1v) is 14.1. The summed E-state index contributed by atoms with van der Waals surface area (Å²) >= 11 is 0. The van der Waals surface area contributed by atoms with Gasteiger partial charge >= 0.3 is 0 Å². The Bertz CT molecular complexity index is 801. The lowest BCUT2D eigenvalue weighted by molar-refractivity contribution is -0.252. The van der Waals surface area contributed by atoms with Crippen LogP contribution in [0.3, 0.4) is 0 Å². The summed E-state index contributed by atoms with van der Waals surface area (Å²) in [5.41, 5.74) is 2.16. The van der Waals surface area contributed by atoms with Gasteiger partial charge in [-0.15, -0.1) is 0 Å². The maximum absolute atomic E-state index is 10.9. The number of ether oxygens (including phenoxy) is 1. The monoisotopic (exact) mass is 442 g/mol. The molecule has 10 atom stereocenters. The fourth-order valence-corrected chi connectivity index (χ4v) is 12.0. The summed E-state index contributed by atoms with van der Waals surface area (Å²) < 4.78 is 6.71. The maximum Gasteiger partial charge on any atom is 0.0663 e. The van der Waals surface area contributed by atoms with E-state index in [0.717, 1.165) is 30.8 Å². The molecule has 2 bridgehead atoms. The van der Waals surface area contributed by atoms with Crippen LogP contribution in [-0.4, -0.2) is 23.9 Å². The van der Waals surface area contributed by atoms with Crippen LogP contribution in [0.4, 0.5) is 0 Å². The van der Waals surface area contributed by atoms with Crippen molar-refractivity contribution in [2.75, 3.05) is 6.61 Å². The molecule has 6 aliphatic rings. The lowest BCUT2D eigenvalue weighted by Gasteiger charge is -2.73. The number of hydrogen-bond donors (Lipinski definition) is 1. The Morgan fingerprint density at radius 2 is 1.41 bits per heavy atom. The number of rotatable bonds is 0. The van der Waals surface area contributed by atoms with Gasteiger partial charge in [-0.25, -0.2) is 0 Å². The molecule has 182 valence electrons. The SMILES string of the molecule is CC1(C)CC[C@]23CC[C@]4(C)[C@H](CC[C@H]5[C@@]6(C)CC[C@@H](O)C(C)(C)[C@@H]6CC[C@]54C)[C@@H]2[C@@H]1OC3. The van der Waals surface area contributed by atoms with E-state index >= 15 is 0 Å². The van der Waals surface area contributed by atoms with Crippen molar-refractivity contribution in [2.45, 2.75) is 125 Å². The first kappa shape index (κ1) is 22.4. The third-order valence-corrected chi connectivity index (χ3v) is 14.1. The molecular formula is C30H50O2. The highest BCUT2D eigenvalue weighted by atomic mass is 16.5. The predicted octanol–water partition coefficient (Wildman–Crippen LogP) is 7.24. The predicted molar refractivity (Wildman–Crippen MR) is 130 cm³/mol. The Kier molecular flexibility index (Phi) is 4.46. The average molecular weight is 443 g/mol. The number of fused-ring (bicyclic) bond motifs is 5. The van der Waals surface area contributed by atoms with Crippen LogP contribution < -0.4 is 0 Å². The van der Waals surface area contributed by atoms with Crippen LogP contribution in [0.15, 0.2) is 0 Å². The summed E-state index contributed by atoms with van der Waals surface area (Å²) in [6.07, 6.45) is 13.7. The van der Waals surface area contributed by atoms with Gasteiger partial charge < -0.3 is 9.84 Å². The van der Waals surface area contributed by atoms with Gasteiger partial charge in [-0.3, -0.25) is 0 Å². The lowest BCUT2D eigenvalue weighted by Crippen LogP contribution is -2.67. The van der Waals surface area contributed by atoms with Crippen molar-refractivity contribution in [1.29, 1.82) is 0 Å². The normalized spacial score (nSPS) is 60.0. The van der Waals surface area contributed by atoms with E-state index < -0.39 is 0 Å². The topological polar surface area (TPSA) is 29.5 Å². The van der Waals surface area contributed by atoms with Crippen LogP contribution in [0.5, 0.6) is 0 Å². The molecule has 0 aromatic carbocycles. The molecule has 6 fully saturated rings. The molecule has 0 aromatic heterocycles. The Hall–Kier alpha value is -0.0800. The van der Waals surface area contributed by atoms with Gasteiger partial charge in [-0.2, -0.15) is 0 Å². The molecule has 0 aromatic rings. The van der Waals surface area contributed by atoms with Crippen molar-refractivity contribution in [1.82, 2.24) is 0 Å². The second-order valence-electron chi connectivity index (χ2n) is 15.7. The van der Waals surface area contributed by atoms with Gasteiger partial charge in [0.05, 0.1) is 18.8 Å². The molecule has 0 radical (unpaired) electrons. The Morgan fingerprint density at radius 3 is 2.16 bits per heavy atom. The molecule has 5 aliphatic carbocycles. The molecule has 0 amide bonds. The van der Waals surface area contributed by atoms with Crippen LogP contribution in [0, 0.1) is 56.2 Å². The summed E-state index contributed by atoms with van der Waals surface area (Å²) in [6.45, 7) is 18.9. The van der Waals surface area contributed by atoms with Crippen LogP contribution in [-0.2, 0) is 4.74 Å². The Balaban J connectivity index is 1.39. The zero-order valence-corrected chi connectivity index (χ0v) is 22.1. The molecule has 0 spiro atoms. The van der Waals surface area contributed by atoms with Gasteiger partial charge in [0.2, 0.25) is 0 Å². The highest BCUT2D eigenvalue weighted by molar-refractivity contribution is 5.21. The van der Waals surface area contributed by atoms with E-state index in [2.05, 4.69) is 48.5 Å². The van der Waals surface area contributed by atoms with Crippen molar-refractivity contribution in [3.63, 3.8) is 0 Å². The zero-order valence-electron chi connectivity index (χ0n) is 22.1. The van der Waals surface area contributed by atoms with E-state index in [9.17, 15) is 5.11 Å². The van der Waals surface area contributed by atoms with Crippen LogP contribution in [0.1, 0.15) is 113 Å². The largest absolute Gasteiger partial charge is 0.393 e. The molecule has 1 saturated heterocycles. The van der Waals surface area contributed by atoms with Crippen molar-refractivity contribution < 1.29 is 9.84 Å². The molecule has 1 heterocycles. The minimum absolute atomic E-state index is 0.0586. The third-order valence-electron chi connectivity index (χ3n) is 14.1. The summed E-state index contributed by atoms with van der Waals surface area (Å²) in [4.78, 5) is 0. The summed E-state index contributed by atoms with van der Waals surface area (Å²) in [6, 6.07) is 0. The first-order chi connectivity index (χ1) is 14.8. The fourth-order valence-electron chi connectivity index (χ4n) is 12.0. The molecule has 2 nitrogen and oxygen atoms in total. The van der Waals surface area contributed by atoms with E-state index in [1.807, 2.05) is 0 Å². The minimum atomic E-state index is -0.122. The lowest BCUT2D eigenvalue weighted by atomic mass is 9.31. The molecule has 2 heteroatoms. The highest BCUT2D eigenvalue weighted by Crippen LogP contribution is 2.78. The smallest absolute Gasteiger partial charge is 0.0663 e. The molecular weight excluding hydrogens is 392 g/mol. The van der Waals surface area contributed by atoms with Gasteiger partial charge in [0, 0.05) is 0 Å². The molecule has 1 N–H and O–H groups in total. The zero-order chi connectivity index (χ0) is 22.9. The van der Waals surface area contributed by atoms with E-state index in [1.54, 1.807) is 0 Å². The molecule has 5 saturated carbocycles. The number of aliphatic hydroxyl groups excluding tert-OH is 1. The van der Waals surface area contributed by atoms with Gasteiger partial charge in [-0.1, -0.05) is 48.5 Å². The van der Waals surface area contributed by atoms with Crippen LogP contribution in [0.25, 0.3) is 0 Å². The van der Waals surface area contributed by atoms with E-state index in [4.69, 9.17) is 4.74 Å². The maximum atomic E-state index is 10.9. The van der Waals surface area contributed by atoms with Gasteiger partial charge in [0.1, 0.15) is 0 Å². The fraction of sp³-hybridized carbons (Fsp3) is 1.00. The molecule has 1 aliphatic heterocycles. The standard InChI is InChI=1S/C30H50O2/c1-25(2)14-16-30-17-15-28(6)19(23(30)24(25)32-18-30)8-9-21-27(5)12-11-22(31)26(3,4)20(27)10-13-29(21,28)7/h19-24,31H,8-18H2,1-7H3/t19-,20+,21+,22-,23-,24+,27+,28-,29-,30-/m1/s1. The average Bonchev–Trinajstić information content (AvgIpc) is 3.05. The summed E-state index contributed by atoms with van der Waals surface area (Å²) in [5, 5.41) is 10.9. The third kappa shape index (κ3) is 2.41. The number of hydrogen-bond acceptors (Lipinski definition) is 2. The van der Waals surface area contributed by atoms with Gasteiger partial charge in [0.25, 0.3) is 0 Å². The summed E-state index contributed by atoms with van der Waals surface area (Å²) in [7, 11) is 0. The van der Waals surface area contributed by atoms with Crippen LogP contribution in [0.2, 0.25) is 0 Å². The van der Waals surface area contributed by atoms with E-state index in [1.165, 1.54) is 57.8 Å². The van der Waals surface area contributed by atoms with Crippen LogP contribution >= 0.6 is 0 Å². The van der Waals surface area contributed by atoms with Crippen molar-refractivity contribution >= 4 is 0 Å². The Morgan fingerprint density at radius 1 is 0.688 bits per heavy atom. The minimum Gasteiger partial charge on any atom is -0.393 e. The number of aliphatic hydroxyl groups is 1. The van der Waals surface area contributed by atoms with Crippen molar-refractivity contribution in [3.8, 4) is 0 Å². The quantitative estimate of drug-likeness (QED) is 0.428. The first-order valence-electron chi connectivity index (χ1n) is 14.1.